The fraction of sp³-hybridized carbons (Fsp3) is 0.909. The monoisotopic (exact) mass is 278 g/mol. The number of nitrogens with zero attached hydrogens (tertiary/aromatic N) is 1. The first kappa shape index (κ1) is 15.4. The molecule has 0 unspecified atom stereocenters. The average molecular weight is 278 g/mol. The highest BCUT2D eigenvalue weighted by atomic mass is 32.2. The summed E-state index contributed by atoms with van der Waals surface area (Å²) >= 11 is 0. The van der Waals surface area contributed by atoms with Crippen molar-refractivity contribution in [2.24, 2.45) is 5.92 Å². The van der Waals surface area contributed by atoms with E-state index in [0.29, 0.717) is 12.3 Å². The summed E-state index contributed by atoms with van der Waals surface area (Å²) in [5.74, 6) is -0.796. The molecule has 1 fully saturated rings. The fourth-order valence-corrected chi connectivity index (χ4v) is 3.01. The molecule has 0 aromatic carbocycles. The summed E-state index contributed by atoms with van der Waals surface area (Å²) in [6.07, 6.45) is 5.77. The van der Waals surface area contributed by atoms with Crippen LogP contribution >= 0.6 is 0 Å². The van der Waals surface area contributed by atoms with Gasteiger partial charge in [0.15, 0.2) is 0 Å². The van der Waals surface area contributed by atoms with Gasteiger partial charge in [-0.25, -0.2) is 0 Å². The zero-order valence-corrected chi connectivity index (χ0v) is 11.7. The first-order valence-corrected chi connectivity index (χ1v) is 7.69. The minimum absolute atomic E-state index is 0.310. The number of carbonyl (C=O) groups is 1. The van der Waals surface area contributed by atoms with E-state index in [1.165, 1.54) is 20.5 Å². The molecule has 18 heavy (non-hydrogen) atoms. The van der Waals surface area contributed by atoms with Gasteiger partial charge in [0, 0.05) is 14.1 Å². The lowest BCUT2D eigenvalue weighted by Gasteiger charge is -2.25. The van der Waals surface area contributed by atoms with Gasteiger partial charge in [0.25, 0.3) is 10.2 Å². The SMILES string of the molecule is CN(C)S(=O)(=O)N[C@H](CC1CCCCC1)C(=O)O. The zero-order chi connectivity index (χ0) is 13.8. The minimum atomic E-state index is -3.69. The van der Waals surface area contributed by atoms with Gasteiger partial charge >= 0.3 is 5.97 Å². The quantitative estimate of drug-likeness (QED) is 0.752. The van der Waals surface area contributed by atoms with Crippen LogP contribution < -0.4 is 4.72 Å². The lowest BCUT2D eigenvalue weighted by atomic mass is 9.85. The largest absolute Gasteiger partial charge is 0.480 e. The summed E-state index contributed by atoms with van der Waals surface area (Å²) < 4.78 is 26.5. The molecular formula is C11H22N2O4S. The topological polar surface area (TPSA) is 86.7 Å². The van der Waals surface area contributed by atoms with Crippen LogP contribution in [0.25, 0.3) is 0 Å². The zero-order valence-electron chi connectivity index (χ0n) is 10.9. The van der Waals surface area contributed by atoms with Gasteiger partial charge in [-0.15, -0.1) is 0 Å². The van der Waals surface area contributed by atoms with Gasteiger partial charge < -0.3 is 5.11 Å². The van der Waals surface area contributed by atoms with E-state index in [4.69, 9.17) is 5.11 Å². The normalized spacial score (nSPS) is 19.9. The van der Waals surface area contributed by atoms with Crippen molar-refractivity contribution in [2.75, 3.05) is 14.1 Å². The van der Waals surface area contributed by atoms with Crippen molar-refractivity contribution in [2.45, 2.75) is 44.6 Å². The fourth-order valence-electron chi connectivity index (χ4n) is 2.24. The first-order chi connectivity index (χ1) is 8.33. The highest BCUT2D eigenvalue weighted by molar-refractivity contribution is 7.87. The van der Waals surface area contributed by atoms with E-state index in [-0.39, 0.29) is 0 Å². The minimum Gasteiger partial charge on any atom is -0.480 e. The van der Waals surface area contributed by atoms with Crippen molar-refractivity contribution in [3.05, 3.63) is 0 Å². The molecule has 106 valence electrons. The Bertz CT molecular complexity index is 375. The van der Waals surface area contributed by atoms with Crippen LogP contribution in [-0.4, -0.2) is 43.9 Å². The molecule has 1 rings (SSSR count). The molecule has 0 aromatic heterocycles. The predicted molar refractivity (Wildman–Crippen MR) is 68.4 cm³/mol. The van der Waals surface area contributed by atoms with Crippen molar-refractivity contribution >= 4 is 16.2 Å². The van der Waals surface area contributed by atoms with Gasteiger partial charge in [-0.1, -0.05) is 32.1 Å². The second-order valence-electron chi connectivity index (χ2n) is 5.04. The van der Waals surface area contributed by atoms with Gasteiger partial charge in [0.05, 0.1) is 0 Å². The van der Waals surface area contributed by atoms with Gasteiger partial charge in [-0.05, 0) is 12.3 Å². The molecular weight excluding hydrogens is 256 g/mol. The maximum atomic E-state index is 11.6. The molecule has 0 radical (unpaired) electrons. The highest BCUT2D eigenvalue weighted by Crippen LogP contribution is 2.27. The highest BCUT2D eigenvalue weighted by Gasteiger charge is 2.28. The number of aliphatic carboxylic acids is 1. The van der Waals surface area contributed by atoms with Crippen LogP contribution in [0.15, 0.2) is 0 Å². The van der Waals surface area contributed by atoms with Crippen molar-refractivity contribution in [1.82, 2.24) is 9.03 Å². The third kappa shape index (κ3) is 4.55. The number of rotatable bonds is 6. The van der Waals surface area contributed by atoms with E-state index in [1.54, 1.807) is 0 Å². The average Bonchev–Trinajstić information content (AvgIpc) is 2.29. The molecule has 1 saturated carbocycles. The molecule has 0 aromatic rings. The van der Waals surface area contributed by atoms with Crippen molar-refractivity contribution in [3.8, 4) is 0 Å². The number of carboxylic acid groups (broad SMARTS) is 1. The lowest BCUT2D eigenvalue weighted by Crippen LogP contribution is -2.46. The molecule has 0 amide bonds. The molecule has 2 N–H and O–H groups in total. The molecule has 1 aliphatic rings. The maximum absolute atomic E-state index is 11.6. The van der Waals surface area contributed by atoms with E-state index in [9.17, 15) is 13.2 Å². The van der Waals surface area contributed by atoms with Gasteiger partial charge in [-0.3, -0.25) is 4.79 Å². The third-order valence-corrected chi connectivity index (χ3v) is 4.91. The Labute approximate surface area is 109 Å². The Morgan fingerprint density at radius 1 is 1.33 bits per heavy atom. The molecule has 0 saturated heterocycles. The summed E-state index contributed by atoms with van der Waals surface area (Å²) in [5, 5.41) is 9.10. The summed E-state index contributed by atoms with van der Waals surface area (Å²) in [6, 6.07) is -1.03. The Hall–Kier alpha value is -0.660. The smallest absolute Gasteiger partial charge is 0.321 e. The first-order valence-electron chi connectivity index (χ1n) is 6.25. The second-order valence-corrected chi connectivity index (χ2v) is 6.95. The standard InChI is InChI=1S/C11H22N2O4S/c1-13(2)18(16,17)12-10(11(14)15)8-9-6-4-3-5-7-9/h9-10,12H,3-8H2,1-2H3,(H,14,15)/t10-/m1/s1. The Balaban J connectivity index is 2.62. The Morgan fingerprint density at radius 2 is 1.89 bits per heavy atom. The summed E-state index contributed by atoms with van der Waals surface area (Å²) in [5.41, 5.74) is 0. The van der Waals surface area contributed by atoms with Crippen LogP contribution in [-0.2, 0) is 15.0 Å². The lowest BCUT2D eigenvalue weighted by molar-refractivity contribution is -0.139. The van der Waals surface area contributed by atoms with Crippen LogP contribution in [0, 0.1) is 5.92 Å². The summed E-state index contributed by atoms with van der Waals surface area (Å²) in [4.78, 5) is 11.1. The van der Waals surface area contributed by atoms with Gasteiger partial charge in [-0.2, -0.15) is 17.4 Å². The van der Waals surface area contributed by atoms with Crippen LogP contribution in [0.5, 0.6) is 0 Å². The van der Waals surface area contributed by atoms with Crippen LogP contribution in [0.4, 0.5) is 0 Å². The summed E-state index contributed by atoms with van der Waals surface area (Å²) in [7, 11) is -0.937. The van der Waals surface area contributed by atoms with E-state index >= 15 is 0 Å². The number of hydrogen-bond donors (Lipinski definition) is 2. The number of carboxylic acids is 1. The van der Waals surface area contributed by atoms with E-state index < -0.39 is 22.2 Å². The van der Waals surface area contributed by atoms with Crippen LogP contribution in [0.2, 0.25) is 0 Å². The maximum Gasteiger partial charge on any atom is 0.321 e. The van der Waals surface area contributed by atoms with Crippen molar-refractivity contribution < 1.29 is 18.3 Å². The molecule has 7 heteroatoms. The second kappa shape index (κ2) is 6.49. The van der Waals surface area contributed by atoms with Crippen molar-refractivity contribution in [3.63, 3.8) is 0 Å². The number of hydrogen-bond acceptors (Lipinski definition) is 3. The van der Waals surface area contributed by atoms with Crippen molar-refractivity contribution in [1.29, 1.82) is 0 Å². The molecule has 0 aliphatic heterocycles. The van der Waals surface area contributed by atoms with Crippen LogP contribution in [0.3, 0.4) is 0 Å². The van der Waals surface area contributed by atoms with Crippen LogP contribution in [0.1, 0.15) is 38.5 Å². The molecule has 0 bridgehead atoms. The Kier molecular flexibility index (Phi) is 5.55. The van der Waals surface area contributed by atoms with E-state index in [1.807, 2.05) is 0 Å². The molecule has 6 nitrogen and oxygen atoms in total. The third-order valence-electron chi connectivity index (χ3n) is 3.36. The van der Waals surface area contributed by atoms with Gasteiger partial charge in [0.1, 0.15) is 6.04 Å². The molecule has 0 spiro atoms. The van der Waals surface area contributed by atoms with E-state index in [0.717, 1.165) is 30.0 Å². The van der Waals surface area contributed by atoms with Gasteiger partial charge in [0.2, 0.25) is 0 Å². The molecule has 0 heterocycles. The Morgan fingerprint density at radius 3 is 2.33 bits per heavy atom. The molecule has 1 atom stereocenters. The predicted octanol–water partition coefficient (Wildman–Crippen LogP) is 0.806. The summed E-state index contributed by atoms with van der Waals surface area (Å²) in [6.45, 7) is 0. The van der Waals surface area contributed by atoms with E-state index in [2.05, 4.69) is 4.72 Å². The number of nitrogens with one attached hydrogen (secondary N) is 1. The molecule has 1 aliphatic carbocycles.